The lowest BCUT2D eigenvalue weighted by atomic mass is 10.0. The maximum absolute atomic E-state index is 11.8. The van der Waals surface area contributed by atoms with E-state index in [1.807, 2.05) is 31.2 Å². The molecule has 0 saturated carbocycles. The van der Waals surface area contributed by atoms with Crippen LogP contribution in [0.1, 0.15) is 18.4 Å². The van der Waals surface area contributed by atoms with Crippen molar-refractivity contribution in [3.05, 3.63) is 29.8 Å². The standard InChI is InChI=1S/C13H17NO2/c1-10-4-6-12(7-5-10)16-13(15)11-3-2-8-14-9-11/h4-7,11,14H,2-3,8-9H2,1H3. The topological polar surface area (TPSA) is 38.3 Å². The summed E-state index contributed by atoms with van der Waals surface area (Å²) >= 11 is 0. The second-order valence-corrected chi connectivity index (χ2v) is 4.28. The van der Waals surface area contributed by atoms with Gasteiger partial charge in [-0.3, -0.25) is 4.79 Å². The van der Waals surface area contributed by atoms with Crippen molar-refractivity contribution in [2.45, 2.75) is 19.8 Å². The molecule has 1 aromatic rings. The Morgan fingerprint density at radius 1 is 1.38 bits per heavy atom. The number of carbonyl (C=O) groups is 1. The van der Waals surface area contributed by atoms with Crippen molar-refractivity contribution in [3.8, 4) is 5.75 Å². The van der Waals surface area contributed by atoms with Gasteiger partial charge < -0.3 is 10.1 Å². The quantitative estimate of drug-likeness (QED) is 0.610. The fourth-order valence-corrected chi connectivity index (χ4v) is 1.86. The van der Waals surface area contributed by atoms with E-state index in [2.05, 4.69) is 5.32 Å². The van der Waals surface area contributed by atoms with E-state index in [-0.39, 0.29) is 11.9 Å². The second-order valence-electron chi connectivity index (χ2n) is 4.28. The van der Waals surface area contributed by atoms with Gasteiger partial charge in [-0.2, -0.15) is 0 Å². The molecule has 1 N–H and O–H groups in total. The van der Waals surface area contributed by atoms with E-state index in [0.29, 0.717) is 5.75 Å². The highest BCUT2D eigenvalue weighted by atomic mass is 16.5. The molecule has 3 nitrogen and oxygen atoms in total. The molecule has 0 radical (unpaired) electrons. The molecule has 16 heavy (non-hydrogen) atoms. The van der Waals surface area contributed by atoms with Crippen molar-refractivity contribution in [2.24, 2.45) is 5.92 Å². The van der Waals surface area contributed by atoms with Crippen molar-refractivity contribution in [1.82, 2.24) is 5.32 Å². The molecule has 1 aliphatic heterocycles. The maximum Gasteiger partial charge on any atom is 0.315 e. The van der Waals surface area contributed by atoms with E-state index < -0.39 is 0 Å². The average molecular weight is 219 g/mol. The van der Waals surface area contributed by atoms with E-state index in [1.165, 1.54) is 5.56 Å². The van der Waals surface area contributed by atoms with Crippen molar-refractivity contribution >= 4 is 5.97 Å². The van der Waals surface area contributed by atoms with Crippen molar-refractivity contribution in [1.29, 1.82) is 0 Å². The summed E-state index contributed by atoms with van der Waals surface area (Å²) in [5.41, 5.74) is 1.17. The summed E-state index contributed by atoms with van der Waals surface area (Å²) in [4.78, 5) is 11.8. The van der Waals surface area contributed by atoms with Gasteiger partial charge in [-0.25, -0.2) is 0 Å². The number of piperidine rings is 1. The monoisotopic (exact) mass is 219 g/mol. The Morgan fingerprint density at radius 2 is 2.12 bits per heavy atom. The van der Waals surface area contributed by atoms with Crippen LogP contribution in [-0.2, 0) is 4.79 Å². The Kier molecular flexibility index (Phi) is 3.57. The summed E-state index contributed by atoms with van der Waals surface area (Å²) < 4.78 is 5.33. The number of rotatable bonds is 2. The first-order valence-electron chi connectivity index (χ1n) is 5.75. The molecule has 2 rings (SSSR count). The minimum absolute atomic E-state index is 0.00931. The van der Waals surface area contributed by atoms with Crippen LogP contribution in [-0.4, -0.2) is 19.1 Å². The molecule has 1 fully saturated rings. The van der Waals surface area contributed by atoms with Crippen LogP contribution in [0.4, 0.5) is 0 Å². The number of hydrogen-bond donors (Lipinski definition) is 1. The third-order valence-corrected chi connectivity index (χ3v) is 2.87. The van der Waals surface area contributed by atoms with Crippen LogP contribution in [0.3, 0.4) is 0 Å². The summed E-state index contributed by atoms with van der Waals surface area (Å²) in [5.74, 6) is 0.535. The summed E-state index contributed by atoms with van der Waals surface area (Å²) in [7, 11) is 0. The Hall–Kier alpha value is -1.35. The minimum Gasteiger partial charge on any atom is -0.426 e. The molecule has 1 heterocycles. The van der Waals surface area contributed by atoms with E-state index in [1.54, 1.807) is 0 Å². The number of nitrogens with one attached hydrogen (secondary N) is 1. The molecule has 1 aliphatic rings. The van der Waals surface area contributed by atoms with Gasteiger partial charge in [-0.05, 0) is 38.4 Å². The molecule has 1 aromatic carbocycles. The molecule has 1 atom stereocenters. The zero-order valence-corrected chi connectivity index (χ0v) is 9.53. The molecule has 3 heteroatoms. The van der Waals surface area contributed by atoms with Crippen LogP contribution in [0, 0.1) is 12.8 Å². The van der Waals surface area contributed by atoms with Gasteiger partial charge in [-0.1, -0.05) is 17.7 Å². The Balaban J connectivity index is 1.93. The molecular formula is C13H17NO2. The molecule has 0 aromatic heterocycles. The number of esters is 1. The van der Waals surface area contributed by atoms with E-state index in [0.717, 1.165) is 25.9 Å². The third-order valence-electron chi connectivity index (χ3n) is 2.87. The van der Waals surface area contributed by atoms with Crippen LogP contribution in [0.2, 0.25) is 0 Å². The molecule has 0 spiro atoms. The molecular weight excluding hydrogens is 202 g/mol. The highest BCUT2D eigenvalue weighted by Gasteiger charge is 2.22. The largest absolute Gasteiger partial charge is 0.426 e. The summed E-state index contributed by atoms with van der Waals surface area (Å²) in [6.45, 7) is 3.76. The first-order chi connectivity index (χ1) is 7.75. The number of benzene rings is 1. The van der Waals surface area contributed by atoms with Gasteiger partial charge in [0.15, 0.2) is 0 Å². The zero-order chi connectivity index (χ0) is 11.4. The maximum atomic E-state index is 11.8. The Morgan fingerprint density at radius 3 is 2.75 bits per heavy atom. The lowest BCUT2D eigenvalue weighted by Gasteiger charge is -2.20. The van der Waals surface area contributed by atoms with Crippen molar-refractivity contribution < 1.29 is 9.53 Å². The first kappa shape index (κ1) is 11.1. The van der Waals surface area contributed by atoms with Gasteiger partial charge in [0, 0.05) is 6.54 Å². The van der Waals surface area contributed by atoms with Gasteiger partial charge in [0.1, 0.15) is 5.75 Å². The lowest BCUT2D eigenvalue weighted by Crippen LogP contribution is -2.36. The molecule has 0 aliphatic carbocycles. The van der Waals surface area contributed by atoms with Gasteiger partial charge in [-0.15, -0.1) is 0 Å². The normalized spacial score (nSPS) is 20.4. The Labute approximate surface area is 95.8 Å². The van der Waals surface area contributed by atoms with Crippen molar-refractivity contribution in [2.75, 3.05) is 13.1 Å². The van der Waals surface area contributed by atoms with E-state index in [9.17, 15) is 4.79 Å². The summed E-state index contributed by atoms with van der Waals surface area (Å²) in [5, 5.41) is 3.21. The highest BCUT2D eigenvalue weighted by Crippen LogP contribution is 2.16. The molecule has 86 valence electrons. The first-order valence-corrected chi connectivity index (χ1v) is 5.75. The fourth-order valence-electron chi connectivity index (χ4n) is 1.86. The number of aryl methyl sites for hydroxylation is 1. The lowest BCUT2D eigenvalue weighted by molar-refractivity contribution is -0.139. The van der Waals surface area contributed by atoms with Crippen LogP contribution in [0.25, 0.3) is 0 Å². The van der Waals surface area contributed by atoms with Crippen LogP contribution in [0.15, 0.2) is 24.3 Å². The Bertz CT molecular complexity index is 353. The third kappa shape index (κ3) is 2.83. The number of carbonyl (C=O) groups excluding carboxylic acids is 1. The fraction of sp³-hybridized carbons (Fsp3) is 0.462. The van der Waals surface area contributed by atoms with Gasteiger partial charge in [0.05, 0.1) is 5.92 Å². The highest BCUT2D eigenvalue weighted by molar-refractivity contribution is 5.75. The van der Waals surface area contributed by atoms with E-state index in [4.69, 9.17) is 4.74 Å². The second kappa shape index (κ2) is 5.12. The number of ether oxygens (including phenoxy) is 1. The van der Waals surface area contributed by atoms with Crippen LogP contribution >= 0.6 is 0 Å². The molecule has 1 unspecified atom stereocenters. The van der Waals surface area contributed by atoms with Crippen molar-refractivity contribution in [3.63, 3.8) is 0 Å². The zero-order valence-electron chi connectivity index (χ0n) is 9.53. The van der Waals surface area contributed by atoms with E-state index >= 15 is 0 Å². The number of hydrogen-bond acceptors (Lipinski definition) is 3. The van der Waals surface area contributed by atoms with Crippen LogP contribution in [0.5, 0.6) is 5.75 Å². The summed E-state index contributed by atoms with van der Waals surface area (Å²) in [6, 6.07) is 7.57. The van der Waals surface area contributed by atoms with Gasteiger partial charge in [0.25, 0.3) is 0 Å². The molecule has 0 amide bonds. The minimum atomic E-state index is -0.115. The smallest absolute Gasteiger partial charge is 0.315 e. The summed E-state index contributed by atoms with van der Waals surface area (Å²) in [6.07, 6.45) is 1.98. The SMILES string of the molecule is Cc1ccc(OC(=O)C2CCCNC2)cc1. The predicted octanol–water partition coefficient (Wildman–Crippen LogP) is 1.90. The predicted molar refractivity (Wildman–Crippen MR) is 62.4 cm³/mol. The van der Waals surface area contributed by atoms with Crippen LogP contribution < -0.4 is 10.1 Å². The molecule has 1 saturated heterocycles. The average Bonchev–Trinajstić information content (AvgIpc) is 2.33. The van der Waals surface area contributed by atoms with Gasteiger partial charge in [0.2, 0.25) is 0 Å². The molecule has 0 bridgehead atoms. The van der Waals surface area contributed by atoms with Gasteiger partial charge >= 0.3 is 5.97 Å².